The zero-order valence-electron chi connectivity index (χ0n) is 19.0. The van der Waals surface area contributed by atoms with Crippen molar-refractivity contribution < 1.29 is 55.0 Å². The topological polar surface area (TPSA) is 121 Å². The lowest BCUT2D eigenvalue weighted by Gasteiger charge is -2.17. The first-order chi connectivity index (χ1) is 18.8. The van der Waals surface area contributed by atoms with Crippen LogP contribution in [-0.2, 0) is 0 Å². The Bertz CT molecular complexity index is 1980. The van der Waals surface area contributed by atoms with Crippen LogP contribution in [0.25, 0.3) is 45.9 Å². The van der Waals surface area contributed by atoms with Crippen molar-refractivity contribution in [2.24, 2.45) is 0 Å². The zero-order valence-corrected chi connectivity index (χ0v) is 19.0. The van der Waals surface area contributed by atoms with E-state index in [2.05, 4.69) is 15.0 Å². The van der Waals surface area contributed by atoms with Crippen molar-refractivity contribution in [3.05, 3.63) is 69.1 Å². The minimum absolute atomic E-state index is 0.418. The zero-order chi connectivity index (χ0) is 28.9. The molecular weight excluding hydrogens is 560 g/mol. The highest BCUT2D eigenvalue weighted by Gasteiger charge is 2.43. The predicted molar refractivity (Wildman–Crippen MR) is 120 cm³/mol. The van der Waals surface area contributed by atoms with Crippen molar-refractivity contribution in [3.8, 4) is 0 Å². The van der Waals surface area contributed by atoms with Crippen molar-refractivity contribution in [2.45, 2.75) is 12.2 Å². The molecule has 3 aliphatic rings. The number of aliphatic hydroxyl groups is 2. The number of H-pyrrole nitrogens is 1. The molecule has 2 atom stereocenters. The second kappa shape index (κ2) is 8.40. The average molecular weight is 568 g/mol. The molecular formula is C24H8F8N4O4. The quantitative estimate of drug-likeness (QED) is 0.273. The fourth-order valence-electron chi connectivity index (χ4n) is 4.51. The van der Waals surface area contributed by atoms with Gasteiger partial charge in [-0.3, -0.25) is 9.59 Å². The van der Waals surface area contributed by atoms with Gasteiger partial charge >= 0.3 is 0 Å². The number of aliphatic hydroxyl groups excluding tert-OH is 2. The lowest BCUT2D eigenvalue weighted by atomic mass is 9.94. The first-order valence-electron chi connectivity index (χ1n) is 10.9. The first-order valence-corrected chi connectivity index (χ1v) is 10.9. The van der Waals surface area contributed by atoms with Gasteiger partial charge in [-0.25, -0.2) is 40.7 Å². The van der Waals surface area contributed by atoms with E-state index in [4.69, 9.17) is 0 Å². The number of fused-ring (bicyclic) bond motifs is 8. The highest BCUT2D eigenvalue weighted by atomic mass is 19.2. The monoisotopic (exact) mass is 568 g/mol. The van der Waals surface area contributed by atoms with E-state index in [1.165, 1.54) is 0 Å². The number of nitrogens with zero attached hydrogens (tertiary/aromatic N) is 3. The summed E-state index contributed by atoms with van der Waals surface area (Å²) in [5, 5.41) is 20.8. The van der Waals surface area contributed by atoms with Crippen LogP contribution in [0, 0.1) is 29.1 Å². The number of rotatable bonds is 0. The molecule has 40 heavy (non-hydrogen) atoms. The molecule has 3 N–H and O–H groups in total. The van der Waals surface area contributed by atoms with E-state index in [1.54, 1.807) is 0 Å². The van der Waals surface area contributed by atoms with Crippen LogP contribution < -0.4 is 0 Å². The molecule has 3 aromatic rings. The highest BCUT2D eigenvalue weighted by Crippen LogP contribution is 2.41. The molecule has 6 rings (SSSR count). The summed E-state index contributed by atoms with van der Waals surface area (Å²) in [6, 6.07) is 0.418. The maximum atomic E-state index is 15.4. The summed E-state index contributed by atoms with van der Waals surface area (Å²) in [6.07, 6.45) is -4.42. The number of Topliss-reactive ketones (excluding diaryl/α,β-unsaturated/α-hetero) is 2. The van der Waals surface area contributed by atoms with Gasteiger partial charge in [0.2, 0.25) is 0 Å². The summed E-state index contributed by atoms with van der Waals surface area (Å²) in [6.45, 7) is 0. The number of aromatic amines is 1. The summed E-state index contributed by atoms with van der Waals surface area (Å²) in [7, 11) is 0. The molecule has 0 unspecified atom stereocenters. The minimum Gasteiger partial charge on any atom is -0.382 e. The van der Waals surface area contributed by atoms with E-state index in [-0.39, 0.29) is 0 Å². The van der Waals surface area contributed by atoms with Gasteiger partial charge in [0.15, 0.2) is 64.2 Å². The Labute approximate surface area is 214 Å². The van der Waals surface area contributed by atoms with Crippen LogP contribution in [0.2, 0.25) is 0 Å². The summed E-state index contributed by atoms with van der Waals surface area (Å²) in [4.78, 5) is 34.0. The number of ketones is 2. The van der Waals surface area contributed by atoms with E-state index in [0.717, 1.165) is 6.08 Å². The third-order valence-electron chi connectivity index (χ3n) is 6.43. The van der Waals surface area contributed by atoms with E-state index in [1.807, 2.05) is 0 Å². The number of carbonyl (C=O) groups is 2. The van der Waals surface area contributed by atoms with Gasteiger partial charge < -0.3 is 15.2 Å². The molecule has 3 aromatic heterocycles. The number of aromatic nitrogens is 4. The Morgan fingerprint density at radius 1 is 0.725 bits per heavy atom. The molecule has 0 saturated carbocycles. The summed E-state index contributed by atoms with van der Waals surface area (Å²) in [5.41, 5.74) is -13.5. The lowest BCUT2D eigenvalue weighted by molar-refractivity contribution is 0.0217. The van der Waals surface area contributed by atoms with Crippen LogP contribution in [0.5, 0.6) is 0 Å². The van der Waals surface area contributed by atoms with Gasteiger partial charge in [0.1, 0.15) is 34.1 Å². The van der Waals surface area contributed by atoms with E-state index < -0.39 is 125 Å². The Morgan fingerprint density at radius 2 is 1.25 bits per heavy atom. The normalized spacial score (nSPS) is 18.6. The average Bonchev–Trinajstić information content (AvgIpc) is 3.67. The Kier molecular flexibility index (Phi) is 5.37. The molecule has 6 heterocycles. The Hall–Kier alpha value is -4.70. The first kappa shape index (κ1) is 25.6. The van der Waals surface area contributed by atoms with Crippen LogP contribution in [0.3, 0.4) is 0 Å². The molecule has 0 fully saturated rings. The summed E-state index contributed by atoms with van der Waals surface area (Å²) >= 11 is 0. The third kappa shape index (κ3) is 3.19. The van der Waals surface area contributed by atoms with E-state index in [0.29, 0.717) is 12.1 Å². The maximum absolute atomic E-state index is 15.4. The largest absolute Gasteiger partial charge is 0.382 e. The maximum Gasteiger partial charge on any atom is 0.199 e. The van der Waals surface area contributed by atoms with Gasteiger partial charge in [-0.2, -0.15) is 4.79 Å². The highest BCUT2D eigenvalue weighted by molar-refractivity contribution is 6.17. The molecule has 0 amide bonds. The van der Waals surface area contributed by atoms with Gasteiger partial charge in [0.05, 0.1) is 22.2 Å². The van der Waals surface area contributed by atoms with Crippen molar-refractivity contribution in [2.75, 3.05) is 0 Å². The predicted octanol–water partition coefficient (Wildman–Crippen LogP) is 4.25. The Morgan fingerprint density at radius 3 is 1.88 bits per heavy atom. The molecule has 10 bridgehead atoms. The van der Waals surface area contributed by atoms with Crippen molar-refractivity contribution >= 4 is 57.4 Å². The van der Waals surface area contributed by atoms with Crippen LogP contribution in [0.15, 0.2) is 6.07 Å². The molecule has 16 heteroatoms. The molecule has 0 aromatic carbocycles. The fourth-order valence-corrected chi connectivity index (χ4v) is 4.51. The minimum atomic E-state index is -3.00. The van der Waals surface area contributed by atoms with Gasteiger partial charge in [0.25, 0.3) is 0 Å². The molecule has 0 saturated heterocycles. The van der Waals surface area contributed by atoms with Crippen LogP contribution in [-0.4, -0.2) is 53.7 Å². The molecule has 204 valence electrons. The lowest BCUT2D eigenvalue weighted by Crippen LogP contribution is -2.40. The van der Waals surface area contributed by atoms with Crippen LogP contribution in [0.4, 0.5) is 35.2 Å². The fraction of sp³-hybridized carbons (Fsp3) is 0.0833. The van der Waals surface area contributed by atoms with E-state index >= 15 is 30.8 Å². The van der Waals surface area contributed by atoms with E-state index in [9.17, 15) is 24.2 Å². The summed E-state index contributed by atoms with van der Waals surface area (Å²) in [5.74, 6) is -17.8. The molecule has 8 nitrogen and oxygen atoms in total. The Balaban J connectivity index is 2.02. The SMILES string of the molecule is O=C1c2c3nc(c(c4c(F)c(F)c(c(F)c5nc(c(F)c6cc(F)c2[nH]6)C=C5)n4F)C(=O)[C@H](O)[C@@H]1O)C(F)=C3F. The third-order valence-corrected chi connectivity index (χ3v) is 6.43. The van der Waals surface area contributed by atoms with Gasteiger partial charge in [-0.15, -0.1) is 0 Å². The van der Waals surface area contributed by atoms with Gasteiger partial charge in [-0.1, -0.05) is 4.48 Å². The van der Waals surface area contributed by atoms with Crippen LogP contribution in [0.1, 0.15) is 43.5 Å². The van der Waals surface area contributed by atoms with Gasteiger partial charge in [-0.05, 0) is 12.2 Å². The number of hydrogen-bond donors (Lipinski definition) is 3. The second-order valence-corrected chi connectivity index (χ2v) is 8.66. The number of halogens is 8. The summed E-state index contributed by atoms with van der Waals surface area (Å²) < 4.78 is 121. The number of hydrogen-bond acceptors (Lipinski definition) is 6. The van der Waals surface area contributed by atoms with Crippen LogP contribution >= 0.6 is 0 Å². The number of nitrogens with one attached hydrogen (secondary N) is 1. The van der Waals surface area contributed by atoms with Gasteiger partial charge in [0, 0.05) is 6.07 Å². The van der Waals surface area contributed by atoms with Crippen molar-refractivity contribution in [3.63, 3.8) is 0 Å². The number of carbonyl (C=O) groups excluding carboxylic acids is 2. The molecule has 0 radical (unpaired) electrons. The molecule has 3 aliphatic heterocycles. The smallest absolute Gasteiger partial charge is 0.199 e. The van der Waals surface area contributed by atoms with Crippen molar-refractivity contribution in [1.82, 2.24) is 19.7 Å². The van der Waals surface area contributed by atoms with Crippen molar-refractivity contribution in [1.29, 1.82) is 0 Å². The second-order valence-electron chi connectivity index (χ2n) is 8.66. The standard InChI is InChI=1S/C24H8F8N4O4/c25-4-3-7-10(26)5-1-2-6(33-5)11(27)20-15(31)14(30)19(36(20)32)9-18-13(29)12(28)17(35-18)8(16(4)34-7)21(37)23(39)24(40)22(9)38/h1-3,23-24,34,39-40H/t23-,24+/m1/s1. The molecule has 0 aliphatic carbocycles. The molecule has 0 spiro atoms.